The van der Waals surface area contributed by atoms with Crippen LogP contribution in [0, 0.1) is 0 Å². The Morgan fingerprint density at radius 3 is 2.57 bits per heavy atom. The van der Waals surface area contributed by atoms with Crippen LogP contribution < -0.4 is 4.90 Å². The second-order valence-corrected chi connectivity index (χ2v) is 4.63. The van der Waals surface area contributed by atoms with Crippen molar-refractivity contribution in [3.63, 3.8) is 0 Å². The van der Waals surface area contributed by atoms with Gasteiger partial charge >= 0.3 is 0 Å². The number of fused-ring (bicyclic) bond motifs is 1. The highest BCUT2D eigenvalue weighted by Gasteiger charge is 2.27. The Hall–Kier alpha value is -0.990. The molecule has 0 unspecified atom stereocenters. The third-order valence-corrected chi connectivity index (χ3v) is 2.95. The van der Waals surface area contributed by atoms with Crippen molar-refractivity contribution in [2.75, 3.05) is 11.4 Å². The molecule has 3 nitrogen and oxygen atoms in total. The van der Waals surface area contributed by atoms with Crippen molar-refractivity contribution < 1.29 is 0 Å². The van der Waals surface area contributed by atoms with E-state index < -0.39 is 0 Å². The van der Waals surface area contributed by atoms with Gasteiger partial charge in [0.15, 0.2) is 5.82 Å². The van der Waals surface area contributed by atoms with Gasteiger partial charge in [-0.25, -0.2) is 0 Å². The molecule has 1 aliphatic heterocycles. The van der Waals surface area contributed by atoms with Gasteiger partial charge in [0.2, 0.25) is 0 Å². The van der Waals surface area contributed by atoms with E-state index in [9.17, 15) is 0 Å². The molecule has 0 spiro atoms. The molecule has 0 aromatic carbocycles. The van der Waals surface area contributed by atoms with Crippen molar-refractivity contribution >= 4 is 5.82 Å². The Balaban J connectivity index is 2.34. The minimum absolute atomic E-state index is 0.554. The van der Waals surface area contributed by atoms with Gasteiger partial charge in [-0.2, -0.15) is 5.10 Å². The molecule has 0 fully saturated rings. The van der Waals surface area contributed by atoms with Gasteiger partial charge < -0.3 is 4.90 Å². The topological polar surface area (TPSA) is 31.9 Å². The van der Waals surface area contributed by atoms with Crippen LogP contribution >= 0.6 is 0 Å². The first-order valence-corrected chi connectivity index (χ1v) is 5.45. The monoisotopic (exact) mass is 193 g/mol. The molecule has 0 aliphatic carbocycles. The maximum absolute atomic E-state index is 4.42. The first-order valence-electron chi connectivity index (χ1n) is 5.45. The van der Waals surface area contributed by atoms with Crippen molar-refractivity contribution in [1.82, 2.24) is 10.2 Å². The molecule has 0 saturated carbocycles. The van der Waals surface area contributed by atoms with Crippen LogP contribution in [0.25, 0.3) is 0 Å². The highest BCUT2D eigenvalue weighted by atomic mass is 15.3. The molecule has 1 aromatic heterocycles. The summed E-state index contributed by atoms with van der Waals surface area (Å²) in [5.41, 5.74) is 2.76. The molecule has 78 valence electrons. The van der Waals surface area contributed by atoms with Gasteiger partial charge in [0.25, 0.3) is 0 Å². The number of aromatic amines is 1. The minimum atomic E-state index is 0.554. The molecule has 1 N–H and O–H groups in total. The van der Waals surface area contributed by atoms with Gasteiger partial charge in [0.1, 0.15) is 0 Å². The molecule has 0 bridgehead atoms. The average Bonchev–Trinajstić information content (AvgIpc) is 2.59. The molecule has 0 saturated heterocycles. The number of anilines is 1. The molecule has 0 amide bonds. The molecule has 3 heteroatoms. The van der Waals surface area contributed by atoms with Crippen LogP contribution in [0.15, 0.2) is 0 Å². The largest absolute Gasteiger partial charge is 0.352 e. The number of aromatic nitrogens is 2. The van der Waals surface area contributed by atoms with Crippen LogP contribution in [-0.4, -0.2) is 22.8 Å². The van der Waals surface area contributed by atoms with Gasteiger partial charge in [-0.05, 0) is 26.2 Å². The highest BCUT2D eigenvalue weighted by molar-refractivity contribution is 5.55. The lowest BCUT2D eigenvalue weighted by Crippen LogP contribution is -2.28. The quantitative estimate of drug-likeness (QED) is 0.781. The van der Waals surface area contributed by atoms with Gasteiger partial charge in [0, 0.05) is 23.8 Å². The van der Waals surface area contributed by atoms with E-state index in [1.165, 1.54) is 17.1 Å². The van der Waals surface area contributed by atoms with E-state index in [4.69, 9.17) is 0 Å². The second kappa shape index (κ2) is 3.30. The van der Waals surface area contributed by atoms with E-state index in [0.717, 1.165) is 13.0 Å². The average molecular weight is 193 g/mol. The van der Waals surface area contributed by atoms with E-state index in [0.29, 0.717) is 12.0 Å². The zero-order valence-corrected chi connectivity index (χ0v) is 9.46. The van der Waals surface area contributed by atoms with Crippen LogP contribution in [0.3, 0.4) is 0 Å². The third kappa shape index (κ3) is 1.31. The van der Waals surface area contributed by atoms with Crippen molar-refractivity contribution in [2.45, 2.75) is 46.1 Å². The molecule has 2 rings (SSSR count). The molecule has 1 aliphatic rings. The normalized spacial score (nSPS) is 15.7. The minimum Gasteiger partial charge on any atom is -0.352 e. The maximum atomic E-state index is 4.42. The number of hydrogen-bond donors (Lipinski definition) is 1. The van der Waals surface area contributed by atoms with Gasteiger partial charge in [-0.3, -0.25) is 5.10 Å². The lowest BCUT2D eigenvalue weighted by atomic mass is 10.1. The van der Waals surface area contributed by atoms with Crippen LogP contribution in [-0.2, 0) is 6.42 Å². The third-order valence-electron chi connectivity index (χ3n) is 2.95. The Morgan fingerprint density at radius 2 is 2.00 bits per heavy atom. The lowest BCUT2D eigenvalue weighted by molar-refractivity contribution is 0.690. The molecule has 2 heterocycles. The first kappa shape index (κ1) is 9.56. The van der Waals surface area contributed by atoms with Gasteiger partial charge in [-0.1, -0.05) is 13.8 Å². The van der Waals surface area contributed by atoms with Crippen LogP contribution in [0.1, 0.15) is 44.9 Å². The van der Waals surface area contributed by atoms with Crippen molar-refractivity contribution in [3.05, 3.63) is 11.3 Å². The van der Waals surface area contributed by atoms with Crippen LogP contribution in [0.2, 0.25) is 0 Å². The highest BCUT2D eigenvalue weighted by Crippen LogP contribution is 2.32. The summed E-state index contributed by atoms with van der Waals surface area (Å²) >= 11 is 0. The van der Waals surface area contributed by atoms with Crippen molar-refractivity contribution in [3.8, 4) is 0 Å². The fourth-order valence-corrected chi connectivity index (χ4v) is 2.17. The standard InChI is InChI=1S/C11H19N3/c1-7(2)10-9-5-6-14(8(3)4)11(9)13-12-10/h7-8H,5-6H2,1-4H3,(H,12,13). The summed E-state index contributed by atoms with van der Waals surface area (Å²) in [5, 5.41) is 7.59. The first-order chi connectivity index (χ1) is 6.61. The zero-order valence-electron chi connectivity index (χ0n) is 9.46. The summed E-state index contributed by atoms with van der Waals surface area (Å²) in [6.45, 7) is 10.00. The van der Waals surface area contributed by atoms with Crippen molar-refractivity contribution in [2.24, 2.45) is 0 Å². The molecule has 14 heavy (non-hydrogen) atoms. The van der Waals surface area contributed by atoms with Crippen LogP contribution in [0.5, 0.6) is 0 Å². The molecular weight excluding hydrogens is 174 g/mol. The molecule has 0 atom stereocenters. The predicted molar refractivity (Wildman–Crippen MR) is 58.9 cm³/mol. The van der Waals surface area contributed by atoms with E-state index in [1.807, 2.05) is 0 Å². The van der Waals surface area contributed by atoms with E-state index in [1.54, 1.807) is 0 Å². The number of nitrogens with zero attached hydrogens (tertiary/aromatic N) is 2. The number of hydrogen-bond acceptors (Lipinski definition) is 2. The fraction of sp³-hybridized carbons (Fsp3) is 0.727. The summed E-state index contributed by atoms with van der Waals surface area (Å²) in [7, 11) is 0. The van der Waals surface area contributed by atoms with E-state index >= 15 is 0 Å². The lowest BCUT2D eigenvalue weighted by Gasteiger charge is -2.21. The van der Waals surface area contributed by atoms with Gasteiger partial charge in [-0.15, -0.1) is 0 Å². The Labute approximate surface area is 85.5 Å². The zero-order chi connectivity index (χ0) is 10.3. The predicted octanol–water partition coefficient (Wildman–Crippen LogP) is 2.30. The Kier molecular flexibility index (Phi) is 2.25. The summed E-state index contributed by atoms with van der Waals surface area (Å²) < 4.78 is 0. The summed E-state index contributed by atoms with van der Waals surface area (Å²) in [4.78, 5) is 2.37. The maximum Gasteiger partial charge on any atom is 0.154 e. The fourth-order valence-electron chi connectivity index (χ4n) is 2.17. The number of H-pyrrole nitrogens is 1. The van der Waals surface area contributed by atoms with Crippen molar-refractivity contribution in [1.29, 1.82) is 0 Å². The number of rotatable bonds is 2. The van der Waals surface area contributed by atoms with E-state index in [-0.39, 0.29) is 0 Å². The summed E-state index contributed by atoms with van der Waals surface area (Å²) in [5.74, 6) is 1.74. The number of nitrogens with one attached hydrogen (secondary N) is 1. The van der Waals surface area contributed by atoms with Gasteiger partial charge in [0.05, 0.1) is 0 Å². The smallest absolute Gasteiger partial charge is 0.154 e. The summed E-state index contributed by atoms with van der Waals surface area (Å²) in [6.07, 6.45) is 1.15. The Morgan fingerprint density at radius 1 is 1.29 bits per heavy atom. The molecule has 0 radical (unpaired) electrons. The van der Waals surface area contributed by atoms with Crippen LogP contribution in [0.4, 0.5) is 5.82 Å². The molecular formula is C11H19N3. The molecule has 1 aromatic rings. The van der Waals surface area contributed by atoms with E-state index in [2.05, 4.69) is 42.8 Å². The summed E-state index contributed by atoms with van der Waals surface area (Å²) in [6, 6.07) is 0.555. The Bertz CT molecular complexity index is 325. The SMILES string of the molecule is CC(C)c1[nH]nc2c1CCN2C(C)C. The second-order valence-electron chi connectivity index (χ2n) is 4.63.